The molecule has 1 heterocycles. The molecule has 0 bridgehead atoms. The number of anilines is 1. The molecule has 1 amide bonds. The topological polar surface area (TPSA) is 63.7 Å². The van der Waals surface area contributed by atoms with E-state index in [-0.39, 0.29) is 18.1 Å². The van der Waals surface area contributed by atoms with Crippen LogP contribution in [-0.4, -0.2) is 31.3 Å². The molecule has 0 saturated carbocycles. The van der Waals surface area contributed by atoms with E-state index in [0.717, 1.165) is 11.3 Å². The Hall–Kier alpha value is -2.17. The lowest BCUT2D eigenvalue weighted by atomic mass is 9.85. The smallest absolute Gasteiger partial charge is 0.379 e. The summed E-state index contributed by atoms with van der Waals surface area (Å²) in [5, 5.41) is 0. The van der Waals surface area contributed by atoms with E-state index in [0.29, 0.717) is 0 Å². The predicted octanol–water partition coefficient (Wildman–Crippen LogP) is 1.69. The first-order valence-electron chi connectivity index (χ1n) is 6.44. The predicted molar refractivity (Wildman–Crippen MR) is 73.8 cm³/mol. The van der Waals surface area contributed by atoms with E-state index in [4.69, 9.17) is 4.74 Å². The summed E-state index contributed by atoms with van der Waals surface area (Å²) in [6.07, 6.45) is 0. The van der Waals surface area contributed by atoms with Crippen LogP contribution in [0, 0.1) is 0 Å². The minimum Gasteiger partial charge on any atom is -0.460 e. The fourth-order valence-electron chi connectivity index (χ4n) is 2.43. The number of Topliss-reactive ketones (excluding diaryl/α,β-unsaturated/α-hetero) is 1. The first kappa shape index (κ1) is 14.2. The van der Waals surface area contributed by atoms with Gasteiger partial charge in [0.2, 0.25) is 5.91 Å². The fraction of sp³-hybridized carbons (Fsp3) is 0.400. The van der Waals surface area contributed by atoms with Gasteiger partial charge in [-0.1, -0.05) is 0 Å². The van der Waals surface area contributed by atoms with Gasteiger partial charge in [0, 0.05) is 18.3 Å². The van der Waals surface area contributed by atoms with Gasteiger partial charge in [0.25, 0.3) is 5.78 Å². The Kier molecular flexibility index (Phi) is 3.38. The highest BCUT2D eigenvalue weighted by Gasteiger charge is 2.42. The SMILES string of the molecule is CCOC(=O)C(=O)c1ccc2c(c1)C(C)(C)C(=O)N2C. The Morgan fingerprint density at radius 3 is 2.55 bits per heavy atom. The van der Waals surface area contributed by atoms with Crippen molar-refractivity contribution in [3.63, 3.8) is 0 Å². The molecule has 0 atom stereocenters. The van der Waals surface area contributed by atoms with E-state index in [1.165, 1.54) is 0 Å². The van der Waals surface area contributed by atoms with Crippen molar-refractivity contribution in [2.24, 2.45) is 0 Å². The number of ether oxygens (including phenoxy) is 1. The van der Waals surface area contributed by atoms with Gasteiger partial charge in [0.1, 0.15) is 0 Å². The van der Waals surface area contributed by atoms with Crippen LogP contribution < -0.4 is 4.90 Å². The normalized spacial score (nSPS) is 16.0. The summed E-state index contributed by atoms with van der Waals surface area (Å²) in [4.78, 5) is 37.1. The minimum atomic E-state index is -0.872. The molecule has 0 spiro atoms. The van der Waals surface area contributed by atoms with E-state index >= 15 is 0 Å². The van der Waals surface area contributed by atoms with Crippen molar-refractivity contribution in [1.29, 1.82) is 0 Å². The molecule has 0 radical (unpaired) electrons. The molecule has 1 aliphatic heterocycles. The van der Waals surface area contributed by atoms with Crippen molar-refractivity contribution < 1.29 is 19.1 Å². The van der Waals surface area contributed by atoms with Crippen molar-refractivity contribution >= 4 is 23.3 Å². The second-order valence-electron chi connectivity index (χ2n) is 5.27. The monoisotopic (exact) mass is 275 g/mol. The maximum absolute atomic E-state index is 12.2. The number of ketones is 1. The molecule has 0 N–H and O–H groups in total. The number of nitrogens with zero attached hydrogens (tertiary/aromatic N) is 1. The molecule has 1 aliphatic rings. The third kappa shape index (κ3) is 1.99. The van der Waals surface area contributed by atoms with Crippen LogP contribution in [0.4, 0.5) is 5.69 Å². The Morgan fingerprint density at radius 2 is 1.95 bits per heavy atom. The summed E-state index contributed by atoms with van der Waals surface area (Å²) < 4.78 is 4.71. The number of hydrogen-bond acceptors (Lipinski definition) is 4. The average molecular weight is 275 g/mol. The van der Waals surface area contributed by atoms with E-state index in [2.05, 4.69) is 0 Å². The summed E-state index contributed by atoms with van der Waals surface area (Å²) in [7, 11) is 1.70. The van der Waals surface area contributed by atoms with Gasteiger partial charge in [0.05, 0.1) is 12.0 Å². The van der Waals surface area contributed by atoms with Gasteiger partial charge in [0.15, 0.2) is 0 Å². The summed E-state index contributed by atoms with van der Waals surface area (Å²) in [5.41, 5.74) is 1.06. The molecule has 0 aromatic heterocycles. The van der Waals surface area contributed by atoms with Crippen LogP contribution in [-0.2, 0) is 19.7 Å². The first-order chi connectivity index (χ1) is 9.30. The van der Waals surface area contributed by atoms with Gasteiger partial charge in [-0.05, 0) is 44.5 Å². The number of amides is 1. The molecular formula is C15H17NO4. The molecule has 0 unspecified atom stereocenters. The zero-order chi connectivity index (χ0) is 15.1. The molecule has 106 valence electrons. The maximum Gasteiger partial charge on any atom is 0.379 e. The molecule has 0 saturated heterocycles. The third-order valence-electron chi connectivity index (χ3n) is 3.59. The molecule has 5 heteroatoms. The standard InChI is InChI=1S/C15H17NO4/c1-5-20-13(18)12(17)9-6-7-11-10(8-9)15(2,3)14(19)16(11)4/h6-8H,5H2,1-4H3. The molecular weight excluding hydrogens is 258 g/mol. The number of likely N-dealkylation sites (N-methyl/N-ethyl adjacent to an activating group) is 1. The van der Waals surface area contributed by atoms with Crippen LogP contribution in [0.5, 0.6) is 0 Å². The van der Waals surface area contributed by atoms with Crippen LogP contribution in [0.15, 0.2) is 18.2 Å². The summed E-state index contributed by atoms with van der Waals surface area (Å²) >= 11 is 0. The fourth-order valence-corrected chi connectivity index (χ4v) is 2.43. The number of carbonyl (C=O) groups is 3. The highest BCUT2D eigenvalue weighted by Crippen LogP contribution is 2.41. The first-order valence-corrected chi connectivity index (χ1v) is 6.44. The summed E-state index contributed by atoms with van der Waals surface area (Å²) in [6.45, 7) is 5.40. The Morgan fingerprint density at radius 1 is 1.30 bits per heavy atom. The zero-order valence-corrected chi connectivity index (χ0v) is 12.0. The Balaban J connectivity index is 2.44. The highest BCUT2D eigenvalue weighted by atomic mass is 16.5. The number of benzene rings is 1. The lowest BCUT2D eigenvalue weighted by Crippen LogP contribution is -2.33. The van der Waals surface area contributed by atoms with Crippen molar-refractivity contribution in [2.75, 3.05) is 18.6 Å². The van der Waals surface area contributed by atoms with E-state index in [1.807, 2.05) is 0 Å². The molecule has 1 aromatic rings. The van der Waals surface area contributed by atoms with Gasteiger partial charge in [-0.25, -0.2) is 4.79 Å². The number of esters is 1. The minimum absolute atomic E-state index is 0.0340. The molecule has 1 aromatic carbocycles. The largest absolute Gasteiger partial charge is 0.460 e. The van der Waals surface area contributed by atoms with Gasteiger partial charge in [-0.15, -0.1) is 0 Å². The number of fused-ring (bicyclic) bond motifs is 1. The van der Waals surface area contributed by atoms with Crippen molar-refractivity contribution in [2.45, 2.75) is 26.2 Å². The lowest BCUT2D eigenvalue weighted by molar-refractivity contribution is -0.137. The third-order valence-corrected chi connectivity index (χ3v) is 3.59. The average Bonchev–Trinajstić information content (AvgIpc) is 2.59. The second kappa shape index (κ2) is 4.74. The maximum atomic E-state index is 12.2. The number of rotatable bonds is 3. The van der Waals surface area contributed by atoms with Gasteiger partial charge in [-0.2, -0.15) is 0 Å². The van der Waals surface area contributed by atoms with Gasteiger partial charge >= 0.3 is 5.97 Å². The molecule has 0 aliphatic carbocycles. The molecule has 0 fully saturated rings. The van der Waals surface area contributed by atoms with E-state index in [1.54, 1.807) is 50.9 Å². The van der Waals surface area contributed by atoms with Crippen LogP contribution in [0.2, 0.25) is 0 Å². The van der Waals surface area contributed by atoms with Crippen molar-refractivity contribution in [1.82, 2.24) is 0 Å². The summed E-state index contributed by atoms with van der Waals surface area (Å²) in [6, 6.07) is 4.84. The molecule has 20 heavy (non-hydrogen) atoms. The highest BCUT2D eigenvalue weighted by molar-refractivity contribution is 6.40. The lowest BCUT2D eigenvalue weighted by Gasteiger charge is -2.16. The van der Waals surface area contributed by atoms with E-state index in [9.17, 15) is 14.4 Å². The van der Waals surface area contributed by atoms with Crippen LogP contribution in [0.1, 0.15) is 36.7 Å². The zero-order valence-electron chi connectivity index (χ0n) is 12.0. The van der Waals surface area contributed by atoms with Crippen molar-refractivity contribution in [3.05, 3.63) is 29.3 Å². The van der Waals surface area contributed by atoms with Crippen LogP contribution >= 0.6 is 0 Å². The van der Waals surface area contributed by atoms with Crippen LogP contribution in [0.3, 0.4) is 0 Å². The molecule has 2 rings (SSSR count). The Bertz CT molecular complexity index is 604. The number of hydrogen-bond donors (Lipinski definition) is 0. The van der Waals surface area contributed by atoms with E-state index < -0.39 is 17.2 Å². The quantitative estimate of drug-likeness (QED) is 0.478. The Labute approximate surface area is 117 Å². The van der Waals surface area contributed by atoms with Crippen LogP contribution in [0.25, 0.3) is 0 Å². The number of carbonyl (C=O) groups excluding carboxylic acids is 3. The molecule has 5 nitrogen and oxygen atoms in total. The second-order valence-corrected chi connectivity index (χ2v) is 5.27. The summed E-state index contributed by atoms with van der Waals surface area (Å²) in [5.74, 6) is -1.59. The van der Waals surface area contributed by atoms with Gasteiger partial charge in [-0.3, -0.25) is 9.59 Å². The van der Waals surface area contributed by atoms with Crippen molar-refractivity contribution in [3.8, 4) is 0 Å². The van der Waals surface area contributed by atoms with Gasteiger partial charge < -0.3 is 9.64 Å².